The number of carbonyl (C=O) groups excluding carboxylic acids is 1. The van der Waals surface area contributed by atoms with E-state index in [2.05, 4.69) is 19.2 Å². The zero-order valence-electron chi connectivity index (χ0n) is 11.9. The summed E-state index contributed by atoms with van der Waals surface area (Å²) in [4.78, 5) is 22.5. The van der Waals surface area contributed by atoms with E-state index in [0.717, 1.165) is 6.42 Å². The molecule has 0 aromatic rings. The molecule has 0 heterocycles. The van der Waals surface area contributed by atoms with Gasteiger partial charge in [-0.15, -0.1) is 0 Å². The highest BCUT2D eigenvalue weighted by atomic mass is 16.4. The average Bonchev–Trinajstić information content (AvgIpc) is 2.81. The van der Waals surface area contributed by atoms with Crippen molar-refractivity contribution in [1.82, 2.24) is 5.32 Å². The molecule has 4 heteroatoms. The summed E-state index contributed by atoms with van der Waals surface area (Å²) in [5.41, 5.74) is -0.0227. The van der Waals surface area contributed by atoms with Crippen molar-refractivity contribution in [2.75, 3.05) is 6.54 Å². The van der Waals surface area contributed by atoms with Crippen molar-refractivity contribution in [2.24, 2.45) is 23.2 Å². The molecule has 0 saturated heterocycles. The Hall–Kier alpha value is -1.06. The zero-order chi connectivity index (χ0) is 14.0. The molecule has 2 aliphatic carbocycles. The van der Waals surface area contributed by atoms with Crippen molar-refractivity contribution in [1.29, 1.82) is 0 Å². The summed E-state index contributed by atoms with van der Waals surface area (Å²) in [6.45, 7) is 4.79. The fourth-order valence-corrected chi connectivity index (χ4v) is 3.42. The standard InChI is InChI=1S/C15H25NO3/c1-15(2,7-6-12(17)18)8-9-16-14(19)13-10-4-3-5-11(10)13/h10-11,13H,3-9H2,1-2H3,(H,16,19)(H,17,18). The van der Waals surface area contributed by atoms with Crippen LogP contribution in [-0.2, 0) is 9.59 Å². The summed E-state index contributed by atoms with van der Waals surface area (Å²) in [7, 11) is 0. The Morgan fingerprint density at radius 2 is 1.84 bits per heavy atom. The van der Waals surface area contributed by atoms with Crippen LogP contribution in [0.2, 0.25) is 0 Å². The molecule has 1 amide bonds. The highest BCUT2D eigenvalue weighted by molar-refractivity contribution is 5.82. The molecule has 2 rings (SSSR count). The summed E-state index contributed by atoms with van der Waals surface area (Å²) in [5, 5.41) is 11.7. The van der Waals surface area contributed by atoms with E-state index in [9.17, 15) is 9.59 Å². The van der Waals surface area contributed by atoms with E-state index in [1.807, 2.05) is 0 Å². The molecule has 19 heavy (non-hydrogen) atoms. The predicted molar refractivity (Wildman–Crippen MR) is 72.6 cm³/mol. The van der Waals surface area contributed by atoms with Crippen molar-refractivity contribution in [2.45, 2.75) is 52.4 Å². The minimum absolute atomic E-state index is 0.0227. The topological polar surface area (TPSA) is 66.4 Å². The Kier molecular flexibility index (Phi) is 4.16. The maximum atomic E-state index is 12.0. The number of aliphatic carboxylic acids is 1. The van der Waals surface area contributed by atoms with Crippen molar-refractivity contribution in [3.63, 3.8) is 0 Å². The number of hydrogen-bond donors (Lipinski definition) is 2. The van der Waals surface area contributed by atoms with E-state index in [-0.39, 0.29) is 23.7 Å². The molecule has 0 spiro atoms. The summed E-state index contributed by atoms with van der Waals surface area (Å²) < 4.78 is 0. The van der Waals surface area contributed by atoms with Crippen LogP contribution < -0.4 is 5.32 Å². The van der Waals surface area contributed by atoms with Gasteiger partial charge in [0, 0.05) is 18.9 Å². The Balaban J connectivity index is 1.63. The van der Waals surface area contributed by atoms with Gasteiger partial charge >= 0.3 is 5.97 Å². The molecule has 4 nitrogen and oxygen atoms in total. The number of carboxylic acid groups (broad SMARTS) is 1. The highest BCUT2D eigenvalue weighted by Crippen LogP contribution is 2.57. The second-order valence-corrected chi connectivity index (χ2v) is 6.88. The first kappa shape index (κ1) is 14.4. The number of carboxylic acids is 1. The van der Waals surface area contributed by atoms with E-state index >= 15 is 0 Å². The molecule has 2 atom stereocenters. The van der Waals surface area contributed by atoms with Crippen LogP contribution in [0.1, 0.15) is 52.4 Å². The number of amides is 1. The molecule has 2 aliphatic rings. The maximum Gasteiger partial charge on any atom is 0.303 e. The van der Waals surface area contributed by atoms with Crippen LogP contribution in [0.4, 0.5) is 0 Å². The molecule has 0 aromatic heterocycles. The zero-order valence-corrected chi connectivity index (χ0v) is 11.9. The fraction of sp³-hybridized carbons (Fsp3) is 0.867. The SMILES string of the molecule is CC(C)(CCNC(=O)C1C2CCCC21)CCC(=O)O. The lowest BCUT2D eigenvalue weighted by Crippen LogP contribution is -2.30. The molecule has 2 N–H and O–H groups in total. The summed E-state index contributed by atoms with van der Waals surface area (Å²) in [5.74, 6) is 1.10. The molecule has 0 bridgehead atoms. The van der Waals surface area contributed by atoms with Crippen LogP contribution in [0.3, 0.4) is 0 Å². The van der Waals surface area contributed by atoms with Gasteiger partial charge in [-0.3, -0.25) is 9.59 Å². The van der Waals surface area contributed by atoms with Gasteiger partial charge in [0.25, 0.3) is 0 Å². The monoisotopic (exact) mass is 267 g/mol. The van der Waals surface area contributed by atoms with Gasteiger partial charge < -0.3 is 10.4 Å². The first-order valence-corrected chi connectivity index (χ1v) is 7.40. The van der Waals surface area contributed by atoms with E-state index in [0.29, 0.717) is 24.8 Å². The van der Waals surface area contributed by atoms with Crippen LogP contribution in [0, 0.1) is 23.2 Å². The van der Waals surface area contributed by atoms with Gasteiger partial charge in [0.1, 0.15) is 0 Å². The second kappa shape index (κ2) is 5.51. The second-order valence-electron chi connectivity index (χ2n) is 6.88. The Morgan fingerprint density at radius 1 is 1.21 bits per heavy atom. The van der Waals surface area contributed by atoms with Crippen molar-refractivity contribution < 1.29 is 14.7 Å². The first-order chi connectivity index (χ1) is 8.91. The molecule has 0 aromatic carbocycles. The summed E-state index contributed by atoms with van der Waals surface area (Å²) in [6, 6.07) is 0. The minimum atomic E-state index is -0.747. The highest BCUT2D eigenvalue weighted by Gasteiger charge is 2.56. The predicted octanol–water partition coefficient (Wildman–Crippen LogP) is 2.43. The quantitative estimate of drug-likeness (QED) is 0.744. The Morgan fingerprint density at radius 3 is 2.42 bits per heavy atom. The van der Waals surface area contributed by atoms with Crippen molar-refractivity contribution in [3.05, 3.63) is 0 Å². The smallest absolute Gasteiger partial charge is 0.303 e. The number of hydrogen-bond acceptors (Lipinski definition) is 2. The van der Waals surface area contributed by atoms with E-state index in [1.165, 1.54) is 19.3 Å². The van der Waals surface area contributed by atoms with Crippen LogP contribution in [0.5, 0.6) is 0 Å². The molecule has 108 valence electrons. The number of fused-ring (bicyclic) bond motifs is 1. The van der Waals surface area contributed by atoms with Gasteiger partial charge in [-0.25, -0.2) is 0 Å². The van der Waals surface area contributed by atoms with Crippen LogP contribution >= 0.6 is 0 Å². The minimum Gasteiger partial charge on any atom is -0.481 e. The number of nitrogens with one attached hydrogen (secondary N) is 1. The molecule has 2 unspecified atom stereocenters. The first-order valence-electron chi connectivity index (χ1n) is 7.40. The Bertz CT molecular complexity index is 354. The third kappa shape index (κ3) is 3.71. The molecule has 0 radical (unpaired) electrons. The summed E-state index contributed by atoms with van der Waals surface area (Å²) in [6.07, 6.45) is 5.45. The fourth-order valence-electron chi connectivity index (χ4n) is 3.42. The van der Waals surface area contributed by atoms with Gasteiger partial charge in [0.05, 0.1) is 0 Å². The Labute approximate surface area is 115 Å². The largest absolute Gasteiger partial charge is 0.481 e. The molecular weight excluding hydrogens is 242 g/mol. The van der Waals surface area contributed by atoms with Crippen molar-refractivity contribution in [3.8, 4) is 0 Å². The normalized spacial score (nSPS) is 28.8. The lowest BCUT2D eigenvalue weighted by atomic mass is 9.84. The van der Waals surface area contributed by atoms with Crippen LogP contribution in [0.15, 0.2) is 0 Å². The van der Waals surface area contributed by atoms with Crippen molar-refractivity contribution >= 4 is 11.9 Å². The number of carbonyl (C=O) groups is 2. The molecule has 0 aliphatic heterocycles. The van der Waals surface area contributed by atoms with Crippen LogP contribution in [-0.4, -0.2) is 23.5 Å². The third-order valence-electron chi connectivity index (χ3n) is 4.83. The average molecular weight is 267 g/mol. The van der Waals surface area contributed by atoms with Gasteiger partial charge in [-0.05, 0) is 42.9 Å². The summed E-state index contributed by atoms with van der Waals surface area (Å²) >= 11 is 0. The maximum absolute atomic E-state index is 12.0. The van der Waals surface area contributed by atoms with Gasteiger partial charge in [0.15, 0.2) is 0 Å². The van der Waals surface area contributed by atoms with Crippen LogP contribution in [0.25, 0.3) is 0 Å². The molecular formula is C15H25NO3. The van der Waals surface area contributed by atoms with Gasteiger partial charge in [0.2, 0.25) is 5.91 Å². The third-order valence-corrected chi connectivity index (χ3v) is 4.83. The molecule has 2 saturated carbocycles. The van der Waals surface area contributed by atoms with Gasteiger partial charge in [-0.2, -0.15) is 0 Å². The van der Waals surface area contributed by atoms with E-state index in [4.69, 9.17) is 5.11 Å². The number of rotatable bonds is 7. The van der Waals surface area contributed by atoms with E-state index < -0.39 is 5.97 Å². The van der Waals surface area contributed by atoms with E-state index in [1.54, 1.807) is 0 Å². The lowest BCUT2D eigenvalue weighted by molar-refractivity contribution is -0.137. The molecule has 2 fully saturated rings. The lowest BCUT2D eigenvalue weighted by Gasteiger charge is -2.23. The van der Waals surface area contributed by atoms with Gasteiger partial charge in [-0.1, -0.05) is 20.3 Å².